The third kappa shape index (κ3) is 5.14. The van der Waals surface area contributed by atoms with Crippen molar-refractivity contribution in [1.82, 2.24) is 14.6 Å². The molecule has 2 aromatic carbocycles. The van der Waals surface area contributed by atoms with Gasteiger partial charge in [-0.2, -0.15) is 4.98 Å². The molecule has 4 aromatic rings. The van der Waals surface area contributed by atoms with Crippen LogP contribution in [0.1, 0.15) is 24.8 Å². The van der Waals surface area contributed by atoms with Gasteiger partial charge in [-0.05, 0) is 29.8 Å². The Balaban J connectivity index is 0.000000667. The number of benzene rings is 2. The quantitative estimate of drug-likeness (QED) is 0.424. The van der Waals surface area contributed by atoms with E-state index in [0.29, 0.717) is 5.65 Å². The summed E-state index contributed by atoms with van der Waals surface area (Å²) in [4.78, 5) is 15.0. The van der Waals surface area contributed by atoms with E-state index >= 15 is 0 Å². The molecule has 7 nitrogen and oxygen atoms in total. The van der Waals surface area contributed by atoms with Gasteiger partial charge in [-0.15, -0.1) is 5.10 Å². The van der Waals surface area contributed by atoms with Crippen molar-refractivity contribution < 1.29 is 9.90 Å². The van der Waals surface area contributed by atoms with Crippen molar-refractivity contribution in [3.8, 4) is 11.3 Å². The van der Waals surface area contributed by atoms with Gasteiger partial charge in [0.2, 0.25) is 0 Å². The fourth-order valence-electron chi connectivity index (χ4n) is 2.83. The molecule has 0 unspecified atom stereocenters. The Kier molecular flexibility index (Phi) is 5.89. The Bertz CT molecular complexity index is 1120. The zero-order chi connectivity index (χ0) is 20.8. The summed E-state index contributed by atoms with van der Waals surface area (Å²) >= 11 is 0. The molecule has 2 heterocycles. The highest BCUT2D eigenvalue weighted by Gasteiger charge is 2.10. The summed E-state index contributed by atoms with van der Waals surface area (Å²) in [6, 6.07) is 23.8. The first-order valence-electron chi connectivity index (χ1n) is 9.93. The predicted octanol–water partition coefficient (Wildman–Crippen LogP) is 5.27. The largest absolute Gasteiger partial charge is 0.465 e. The maximum Gasteiger partial charge on any atom is 0.411 e. The molecule has 1 aliphatic carbocycles. The normalized spacial score (nSPS) is 12.0. The Hall–Kier alpha value is -3.87. The number of rotatable bonds is 5. The summed E-state index contributed by atoms with van der Waals surface area (Å²) in [5.74, 6) is 0.0543. The van der Waals surface area contributed by atoms with Crippen molar-refractivity contribution in [2.24, 2.45) is 0 Å². The van der Waals surface area contributed by atoms with E-state index in [1.165, 1.54) is 19.3 Å². The summed E-state index contributed by atoms with van der Waals surface area (Å²) in [6.07, 6.45) is 3.31. The number of fused-ring (bicyclic) bond motifs is 1. The zero-order valence-electron chi connectivity index (χ0n) is 16.5. The predicted molar refractivity (Wildman–Crippen MR) is 118 cm³/mol. The highest BCUT2D eigenvalue weighted by atomic mass is 16.4. The molecule has 2 aromatic heterocycles. The lowest BCUT2D eigenvalue weighted by Crippen LogP contribution is -2.08. The number of carbonyl (C=O) groups is 1. The summed E-state index contributed by atoms with van der Waals surface area (Å²) in [7, 11) is 0. The number of para-hydroxylation sites is 1. The number of amides is 1. The monoisotopic (exact) mass is 401 g/mol. The molecule has 30 heavy (non-hydrogen) atoms. The van der Waals surface area contributed by atoms with Crippen LogP contribution in [0, 0.1) is 0 Å². The third-order valence-corrected chi connectivity index (χ3v) is 4.45. The molecule has 1 amide bonds. The van der Waals surface area contributed by atoms with Crippen molar-refractivity contribution in [3.63, 3.8) is 0 Å². The average molecular weight is 401 g/mol. The Morgan fingerprint density at radius 3 is 2.33 bits per heavy atom. The lowest BCUT2D eigenvalue weighted by molar-refractivity contribution is 0.209. The average Bonchev–Trinajstić information content (AvgIpc) is 3.59. The van der Waals surface area contributed by atoms with Gasteiger partial charge in [-0.1, -0.05) is 67.8 Å². The molecule has 7 heteroatoms. The summed E-state index contributed by atoms with van der Waals surface area (Å²) in [5.41, 5.74) is 4.61. The van der Waals surface area contributed by atoms with Crippen LogP contribution >= 0.6 is 0 Å². The third-order valence-electron chi connectivity index (χ3n) is 4.45. The van der Waals surface area contributed by atoms with Crippen LogP contribution in [-0.4, -0.2) is 25.8 Å². The van der Waals surface area contributed by atoms with Gasteiger partial charge >= 0.3 is 6.09 Å². The van der Waals surface area contributed by atoms with Crippen molar-refractivity contribution in [3.05, 3.63) is 78.4 Å². The van der Waals surface area contributed by atoms with Crippen LogP contribution in [0.5, 0.6) is 0 Å². The van der Waals surface area contributed by atoms with Crippen LogP contribution in [-0.2, 0) is 6.54 Å². The van der Waals surface area contributed by atoms with Gasteiger partial charge in [0.05, 0.1) is 5.69 Å². The molecule has 3 N–H and O–H groups in total. The molecule has 0 saturated heterocycles. The van der Waals surface area contributed by atoms with Gasteiger partial charge in [0.1, 0.15) is 0 Å². The van der Waals surface area contributed by atoms with Gasteiger partial charge < -0.3 is 10.4 Å². The maximum absolute atomic E-state index is 10.8. The molecule has 0 aliphatic heterocycles. The van der Waals surface area contributed by atoms with Crippen LogP contribution in [0.15, 0.2) is 72.8 Å². The van der Waals surface area contributed by atoms with E-state index in [2.05, 4.69) is 32.8 Å². The molecular formula is C23H23N5O2. The lowest BCUT2D eigenvalue weighted by Gasteiger charge is -2.08. The van der Waals surface area contributed by atoms with Crippen molar-refractivity contribution in [2.75, 3.05) is 10.6 Å². The molecule has 5 rings (SSSR count). The molecule has 0 bridgehead atoms. The second kappa shape index (κ2) is 9.09. The highest BCUT2D eigenvalue weighted by molar-refractivity contribution is 5.80. The molecule has 1 aliphatic rings. The van der Waals surface area contributed by atoms with Gasteiger partial charge in [0.15, 0.2) is 5.65 Å². The first-order valence-corrected chi connectivity index (χ1v) is 9.93. The maximum atomic E-state index is 10.8. The summed E-state index contributed by atoms with van der Waals surface area (Å²) < 4.78 is 1.63. The van der Waals surface area contributed by atoms with Crippen molar-refractivity contribution >= 4 is 23.4 Å². The second-order valence-electron chi connectivity index (χ2n) is 7.02. The van der Waals surface area contributed by atoms with Crippen LogP contribution < -0.4 is 10.6 Å². The van der Waals surface area contributed by atoms with Crippen molar-refractivity contribution in [2.45, 2.75) is 25.8 Å². The number of pyridine rings is 1. The first-order chi connectivity index (χ1) is 14.7. The van der Waals surface area contributed by atoms with Gasteiger partial charge in [-0.25, -0.2) is 9.31 Å². The van der Waals surface area contributed by atoms with Gasteiger partial charge in [-0.3, -0.25) is 5.32 Å². The molecule has 1 fully saturated rings. The second-order valence-corrected chi connectivity index (χ2v) is 7.02. The van der Waals surface area contributed by atoms with E-state index in [0.717, 1.165) is 29.1 Å². The Morgan fingerprint density at radius 2 is 1.67 bits per heavy atom. The number of hydrogen-bond donors (Lipinski definition) is 3. The fourth-order valence-corrected chi connectivity index (χ4v) is 2.83. The number of aromatic nitrogens is 3. The van der Waals surface area contributed by atoms with Crippen LogP contribution in [0.25, 0.3) is 16.9 Å². The number of nitrogens with one attached hydrogen (secondary N) is 2. The van der Waals surface area contributed by atoms with Crippen molar-refractivity contribution in [1.29, 1.82) is 0 Å². The molecular weight excluding hydrogens is 378 g/mol. The number of nitrogens with zero attached hydrogens (tertiary/aromatic N) is 3. The van der Waals surface area contributed by atoms with E-state index < -0.39 is 6.09 Å². The lowest BCUT2D eigenvalue weighted by atomic mass is 10.1. The minimum absolute atomic E-state index is 0.0543. The zero-order valence-corrected chi connectivity index (χ0v) is 16.5. The van der Waals surface area contributed by atoms with Crippen LogP contribution in [0.4, 0.5) is 16.4 Å². The Morgan fingerprint density at radius 1 is 0.933 bits per heavy atom. The van der Waals surface area contributed by atoms with Gasteiger partial charge in [0.25, 0.3) is 5.95 Å². The number of anilines is 2. The minimum Gasteiger partial charge on any atom is -0.465 e. The first kappa shape index (κ1) is 19.4. The number of carboxylic acid groups (broad SMARTS) is 1. The smallest absolute Gasteiger partial charge is 0.411 e. The molecule has 152 valence electrons. The molecule has 0 spiro atoms. The van der Waals surface area contributed by atoms with Crippen LogP contribution in [0.3, 0.4) is 0 Å². The standard InChI is InChI=1S/C20H17N5O2.C3H6/c26-20(27)23-19-22-18-8-4-7-17(25(18)24-19)15-11-9-14(10-12-15)13-21-16-5-2-1-3-6-16;1-2-3-1/h1-12,21H,13H2,(H,23,24)(H,26,27);1-3H2. The fraction of sp³-hybridized carbons (Fsp3) is 0.174. The highest BCUT2D eigenvalue weighted by Crippen LogP contribution is 2.22. The van der Waals surface area contributed by atoms with E-state index in [1.54, 1.807) is 10.6 Å². The summed E-state index contributed by atoms with van der Waals surface area (Å²) in [5, 5.41) is 18.6. The van der Waals surface area contributed by atoms with E-state index in [1.807, 2.05) is 54.6 Å². The van der Waals surface area contributed by atoms with Gasteiger partial charge in [0, 0.05) is 17.8 Å². The van der Waals surface area contributed by atoms with Crippen LogP contribution in [0.2, 0.25) is 0 Å². The van der Waals surface area contributed by atoms with E-state index in [-0.39, 0.29) is 5.95 Å². The van der Waals surface area contributed by atoms with E-state index in [9.17, 15) is 4.79 Å². The minimum atomic E-state index is -1.19. The number of hydrogen-bond acceptors (Lipinski definition) is 4. The molecule has 0 radical (unpaired) electrons. The summed E-state index contributed by atoms with van der Waals surface area (Å²) in [6.45, 7) is 0.727. The topological polar surface area (TPSA) is 91.5 Å². The molecule has 0 atom stereocenters. The molecule has 1 saturated carbocycles. The SMILES string of the molecule is C1CC1.O=C(O)Nc1nc2cccc(-c3ccc(CNc4ccccc4)cc3)n2n1. The van der Waals surface area contributed by atoms with E-state index in [4.69, 9.17) is 5.11 Å². The Labute approximate surface area is 174 Å².